The molecule has 0 bridgehead atoms. The van der Waals surface area contributed by atoms with Crippen LogP contribution in [0.15, 0.2) is 0 Å². The summed E-state index contributed by atoms with van der Waals surface area (Å²) in [4.78, 5) is 72.7. The average Bonchev–Trinajstić information content (AvgIpc) is 1.32. The van der Waals surface area contributed by atoms with Crippen LogP contribution >= 0.6 is 15.6 Å². The Morgan fingerprint density at radius 3 is 0.723 bits per heavy atom. The van der Waals surface area contributed by atoms with E-state index in [4.69, 9.17) is 37.0 Å². The van der Waals surface area contributed by atoms with Crippen molar-refractivity contribution >= 4 is 39.5 Å². The highest BCUT2D eigenvalue weighted by atomic mass is 31.2. The van der Waals surface area contributed by atoms with Crippen molar-refractivity contribution in [2.24, 2.45) is 11.8 Å². The van der Waals surface area contributed by atoms with E-state index in [0.717, 1.165) is 115 Å². The van der Waals surface area contributed by atoms with Crippen LogP contribution in [0, 0.1) is 11.8 Å². The van der Waals surface area contributed by atoms with Crippen LogP contribution in [-0.4, -0.2) is 96.7 Å². The molecule has 94 heavy (non-hydrogen) atoms. The van der Waals surface area contributed by atoms with Crippen LogP contribution in [0.1, 0.15) is 388 Å². The van der Waals surface area contributed by atoms with E-state index in [-0.39, 0.29) is 25.7 Å². The van der Waals surface area contributed by atoms with E-state index in [0.29, 0.717) is 25.7 Å². The molecule has 0 heterocycles. The Morgan fingerprint density at radius 2 is 0.489 bits per heavy atom. The summed E-state index contributed by atoms with van der Waals surface area (Å²) in [6.07, 6.45) is 54.2. The van der Waals surface area contributed by atoms with E-state index in [1.165, 1.54) is 193 Å². The second-order valence-electron chi connectivity index (χ2n) is 28.0. The molecule has 0 rings (SSSR count). The zero-order valence-corrected chi connectivity index (χ0v) is 63.1. The lowest BCUT2D eigenvalue weighted by atomic mass is 10.0. The SMILES string of the molecule is CCCCCCCCCCCCCCCCCCCC(=O)O[C@H](COC(=O)CCCCCCCCCCCCCCCC(C)C)COP(=O)(O)OC[C@@H](O)COP(=O)(O)OC[C@@H](COC(=O)CCCCCCCCC)OC(=O)CCCCCCCCCCCCCC(C)C. The summed E-state index contributed by atoms with van der Waals surface area (Å²) < 4.78 is 68.4. The maximum atomic E-state index is 13.1. The molecule has 558 valence electrons. The molecule has 17 nitrogen and oxygen atoms in total. The molecule has 0 aliphatic rings. The number of phosphoric acid groups is 2. The summed E-state index contributed by atoms with van der Waals surface area (Å²) >= 11 is 0. The Kier molecular flexibility index (Phi) is 65.5. The summed E-state index contributed by atoms with van der Waals surface area (Å²) in [5, 5.41) is 10.6. The number of esters is 4. The molecule has 0 spiro atoms. The Morgan fingerprint density at radius 1 is 0.287 bits per heavy atom. The first kappa shape index (κ1) is 92.1. The van der Waals surface area contributed by atoms with Crippen molar-refractivity contribution < 1.29 is 80.2 Å². The van der Waals surface area contributed by atoms with E-state index in [1.54, 1.807) is 0 Å². The van der Waals surface area contributed by atoms with Crippen molar-refractivity contribution in [2.75, 3.05) is 39.6 Å². The summed E-state index contributed by atoms with van der Waals surface area (Å²) in [7, 11) is -9.90. The molecule has 0 amide bonds. The van der Waals surface area contributed by atoms with E-state index in [9.17, 15) is 43.2 Å². The van der Waals surface area contributed by atoms with Gasteiger partial charge in [0, 0.05) is 25.7 Å². The third kappa shape index (κ3) is 68.6. The lowest BCUT2D eigenvalue weighted by Crippen LogP contribution is -2.30. The standard InChI is InChI=1S/C75H146O17P2/c1-7-9-11-13-15-16-17-18-19-20-21-24-30-35-41-47-53-59-74(79)92-71(64-86-73(78)58-52-46-40-34-29-25-22-23-27-32-38-43-49-55-67(3)4)66-90-94(83,84)88-62-69(76)61-87-93(81,82)89-65-70(63-85-72(77)57-51-45-37-14-12-10-8-2)91-75(80)60-54-48-42-36-31-26-28-33-39-44-50-56-68(5)6/h67-71,76H,7-66H2,1-6H3,(H,81,82)(H,83,84)/t69-,70+,71+/m0/s1. The van der Waals surface area contributed by atoms with Crippen molar-refractivity contribution in [3.05, 3.63) is 0 Å². The minimum absolute atomic E-state index is 0.106. The van der Waals surface area contributed by atoms with Crippen molar-refractivity contribution in [2.45, 2.75) is 407 Å². The second-order valence-corrected chi connectivity index (χ2v) is 30.9. The fourth-order valence-corrected chi connectivity index (χ4v) is 13.1. The van der Waals surface area contributed by atoms with Gasteiger partial charge in [0.15, 0.2) is 12.2 Å². The van der Waals surface area contributed by atoms with Gasteiger partial charge < -0.3 is 33.8 Å². The topological polar surface area (TPSA) is 237 Å². The largest absolute Gasteiger partial charge is 0.472 e. The third-order valence-electron chi connectivity index (χ3n) is 17.5. The first-order valence-electron chi connectivity index (χ1n) is 39.0. The fourth-order valence-electron chi connectivity index (χ4n) is 11.5. The van der Waals surface area contributed by atoms with Gasteiger partial charge in [0.25, 0.3) is 0 Å². The van der Waals surface area contributed by atoms with Gasteiger partial charge in [-0.3, -0.25) is 37.3 Å². The number of carbonyl (C=O) groups excluding carboxylic acids is 4. The number of ether oxygens (including phenoxy) is 4. The average molecular weight is 1380 g/mol. The number of hydrogen-bond donors (Lipinski definition) is 3. The van der Waals surface area contributed by atoms with E-state index in [2.05, 4.69) is 41.5 Å². The first-order valence-corrected chi connectivity index (χ1v) is 42.0. The quantitative estimate of drug-likeness (QED) is 0.0222. The number of hydrogen-bond acceptors (Lipinski definition) is 15. The van der Waals surface area contributed by atoms with Crippen molar-refractivity contribution in [1.82, 2.24) is 0 Å². The number of carbonyl (C=O) groups is 4. The predicted octanol–water partition coefficient (Wildman–Crippen LogP) is 21.9. The van der Waals surface area contributed by atoms with Gasteiger partial charge in [-0.25, -0.2) is 9.13 Å². The number of aliphatic hydroxyl groups is 1. The summed E-state index contributed by atoms with van der Waals surface area (Å²) in [5.74, 6) is -0.563. The maximum absolute atomic E-state index is 13.1. The van der Waals surface area contributed by atoms with Gasteiger partial charge in [-0.05, 0) is 37.5 Å². The maximum Gasteiger partial charge on any atom is 0.472 e. The molecule has 19 heteroatoms. The van der Waals surface area contributed by atoms with Gasteiger partial charge in [-0.15, -0.1) is 0 Å². The van der Waals surface area contributed by atoms with Crippen LogP contribution in [0.2, 0.25) is 0 Å². The number of phosphoric ester groups is 2. The Balaban J connectivity index is 5.20. The Labute approximate surface area is 575 Å². The zero-order chi connectivity index (χ0) is 69.3. The van der Waals surface area contributed by atoms with Crippen LogP contribution in [0.25, 0.3) is 0 Å². The van der Waals surface area contributed by atoms with Crippen molar-refractivity contribution in [3.63, 3.8) is 0 Å². The lowest BCUT2D eigenvalue weighted by Gasteiger charge is -2.21. The monoisotopic (exact) mass is 1380 g/mol. The fraction of sp³-hybridized carbons (Fsp3) is 0.947. The number of unbranched alkanes of at least 4 members (excludes halogenated alkanes) is 44. The Hall–Kier alpha value is -1.94. The molecule has 3 N–H and O–H groups in total. The van der Waals surface area contributed by atoms with E-state index < -0.39 is 97.5 Å². The van der Waals surface area contributed by atoms with Gasteiger partial charge in [0.2, 0.25) is 0 Å². The molecule has 0 aromatic rings. The summed E-state index contributed by atoms with van der Waals surface area (Å²) in [5.41, 5.74) is 0. The van der Waals surface area contributed by atoms with Crippen molar-refractivity contribution in [1.29, 1.82) is 0 Å². The summed E-state index contributed by atoms with van der Waals surface area (Å²) in [6.45, 7) is 9.57. The molecule has 0 aromatic carbocycles. The highest BCUT2D eigenvalue weighted by molar-refractivity contribution is 7.47. The zero-order valence-electron chi connectivity index (χ0n) is 61.3. The van der Waals surface area contributed by atoms with Crippen LogP contribution in [-0.2, 0) is 65.4 Å². The molecular weight excluding hydrogens is 1230 g/mol. The van der Waals surface area contributed by atoms with Gasteiger partial charge in [-0.1, -0.05) is 337 Å². The Bertz CT molecular complexity index is 1820. The van der Waals surface area contributed by atoms with Crippen LogP contribution in [0.3, 0.4) is 0 Å². The van der Waals surface area contributed by atoms with Gasteiger partial charge in [0.05, 0.1) is 26.4 Å². The smallest absolute Gasteiger partial charge is 0.462 e. The normalized spacial score (nSPS) is 14.0. The molecule has 0 radical (unpaired) electrons. The summed E-state index contributed by atoms with van der Waals surface area (Å²) in [6, 6.07) is 0. The van der Waals surface area contributed by atoms with Gasteiger partial charge in [-0.2, -0.15) is 0 Å². The molecule has 0 aliphatic carbocycles. The first-order chi connectivity index (χ1) is 45.4. The van der Waals surface area contributed by atoms with E-state index in [1.807, 2.05) is 0 Å². The highest BCUT2D eigenvalue weighted by Gasteiger charge is 2.30. The highest BCUT2D eigenvalue weighted by Crippen LogP contribution is 2.45. The lowest BCUT2D eigenvalue weighted by molar-refractivity contribution is -0.161. The molecule has 5 atom stereocenters. The minimum Gasteiger partial charge on any atom is -0.462 e. The molecule has 0 aromatic heterocycles. The molecule has 0 saturated carbocycles. The second kappa shape index (κ2) is 66.9. The molecular formula is C75H146O17P2. The van der Waals surface area contributed by atoms with Crippen LogP contribution in [0.4, 0.5) is 0 Å². The molecule has 2 unspecified atom stereocenters. The van der Waals surface area contributed by atoms with Crippen LogP contribution < -0.4 is 0 Å². The van der Waals surface area contributed by atoms with E-state index >= 15 is 0 Å². The number of rotatable bonds is 74. The van der Waals surface area contributed by atoms with Crippen LogP contribution in [0.5, 0.6) is 0 Å². The molecule has 0 aliphatic heterocycles. The third-order valence-corrected chi connectivity index (χ3v) is 19.4. The number of aliphatic hydroxyl groups excluding tert-OH is 1. The minimum atomic E-state index is -4.96. The molecule has 0 fully saturated rings. The van der Waals surface area contributed by atoms with Crippen molar-refractivity contribution in [3.8, 4) is 0 Å². The van der Waals surface area contributed by atoms with Gasteiger partial charge >= 0.3 is 39.5 Å². The van der Waals surface area contributed by atoms with Gasteiger partial charge in [0.1, 0.15) is 19.3 Å². The predicted molar refractivity (Wildman–Crippen MR) is 381 cm³/mol. The molecule has 0 saturated heterocycles.